The molecule has 0 saturated heterocycles. The number of hydrogen-bond donors (Lipinski definition) is 0. The second kappa shape index (κ2) is 9.00. The number of rotatable bonds is 4. The van der Waals surface area contributed by atoms with Crippen LogP contribution in [0.1, 0.15) is 57.7 Å². The lowest BCUT2D eigenvalue weighted by atomic mass is 9.77. The number of benzene rings is 2. The van der Waals surface area contributed by atoms with Crippen molar-refractivity contribution in [1.29, 1.82) is 0 Å². The molecule has 2 unspecified atom stereocenters. The van der Waals surface area contributed by atoms with Crippen LogP contribution in [0.4, 0.5) is 4.39 Å². The Labute approximate surface area is 207 Å². The van der Waals surface area contributed by atoms with Crippen molar-refractivity contribution in [2.75, 3.05) is 13.1 Å². The Kier molecular flexibility index (Phi) is 5.66. The van der Waals surface area contributed by atoms with Gasteiger partial charge in [-0.25, -0.2) is 4.39 Å². The van der Waals surface area contributed by atoms with Gasteiger partial charge in [-0.1, -0.05) is 30.1 Å². The van der Waals surface area contributed by atoms with Gasteiger partial charge >= 0.3 is 0 Å². The minimum Gasteiger partial charge on any atom is -0.356 e. The number of nitrogens with zero attached hydrogens (tertiary/aromatic N) is 3. The Balaban J connectivity index is 1.18. The molecule has 1 saturated carbocycles. The van der Waals surface area contributed by atoms with E-state index in [0.29, 0.717) is 36.4 Å². The highest BCUT2D eigenvalue weighted by molar-refractivity contribution is 6.21. The summed E-state index contributed by atoms with van der Waals surface area (Å²) >= 11 is 0. The second-order valence-electron chi connectivity index (χ2n) is 9.87. The largest absolute Gasteiger partial charge is 0.356 e. The topological polar surface area (TPSA) is 83.7 Å². The van der Waals surface area contributed by atoms with Crippen molar-refractivity contribution in [3.05, 3.63) is 76.7 Å². The van der Waals surface area contributed by atoms with Gasteiger partial charge in [0.05, 0.1) is 17.7 Å². The zero-order valence-electron chi connectivity index (χ0n) is 19.8. The highest BCUT2D eigenvalue weighted by Crippen LogP contribution is 2.36. The number of imide groups is 1. The molecular weight excluding hydrogens is 461 g/mol. The molecule has 8 heteroatoms. The molecule has 3 heterocycles. The third kappa shape index (κ3) is 3.81. The standard InChI is InChI=1S/C28H26FN3O4/c29-19-11-9-17(10-12-19)25-23-13-14-31(16-24(23)30-36-25)26(33)20-6-2-1-5-18(20)15-32-27(34)21-7-3-4-8-22(21)28(32)35/h3-4,7-12,18,20H,1-2,5-6,13-16H2. The molecule has 2 atom stereocenters. The molecule has 36 heavy (non-hydrogen) atoms. The molecule has 1 aromatic heterocycles. The molecule has 3 amide bonds. The first-order valence-corrected chi connectivity index (χ1v) is 12.5. The third-order valence-corrected chi connectivity index (χ3v) is 7.78. The number of amides is 3. The normalized spacial score (nSPS) is 21.5. The fourth-order valence-electron chi connectivity index (χ4n) is 5.87. The van der Waals surface area contributed by atoms with Crippen molar-refractivity contribution >= 4 is 17.7 Å². The van der Waals surface area contributed by atoms with Crippen LogP contribution in [0.5, 0.6) is 0 Å². The van der Waals surface area contributed by atoms with Crippen LogP contribution < -0.4 is 0 Å². The molecule has 0 bridgehead atoms. The van der Waals surface area contributed by atoms with Gasteiger partial charge in [-0.2, -0.15) is 0 Å². The average molecular weight is 488 g/mol. The van der Waals surface area contributed by atoms with Crippen LogP contribution in [0.2, 0.25) is 0 Å². The number of halogens is 1. The van der Waals surface area contributed by atoms with Crippen LogP contribution in [0, 0.1) is 17.7 Å². The Morgan fingerprint density at radius 1 is 1.00 bits per heavy atom. The maximum absolute atomic E-state index is 13.7. The van der Waals surface area contributed by atoms with Gasteiger partial charge in [-0.15, -0.1) is 0 Å². The summed E-state index contributed by atoms with van der Waals surface area (Å²) in [6.45, 7) is 1.16. The van der Waals surface area contributed by atoms with Crippen LogP contribution in [-0.2, 0) is 17.8 Å². The van der Waals surface area contributed by atoms with Crippen molar-refractivity contribution in [2.24, 2.45) is 11.8 Å². The van der Waals surface area contributed by atoms with Gasteiger partial charge in [0.15, 0.2) is 5.76 Å². The fraction of sp³-hybridized carbons (Fsp3) is 0.357. The Bertz CT molecular complexity index is 1310. The first-order valence-electron chi connectivity index (χ1n) is 12.5. The van der Waals surface area contributed by atoms with Crippen molar-refractivity contribution in [2.45, 2.75) is 38.6 Å². The maximum Gasteiger partial charge on any atom is 0.261 e. The second-order valence-corrected chi connectivity index (χ2v) is 9.87. The summed E-state index contributed by atoms with van der Waals surface area (Å²) in [5.41, 5.74) is 3.32. The molecule has 0 spiro atoms. The number of carbonyl (C=O) groups excluding carboxylic acids is 3. The lowest BCUT2D eigenvalue weighted by Crippen LogP contribution is -2.46. The van der Waals surface area contributed by atoms with Gasteiger partial charge < -0.3 is 9.42 Å². The van der Waals surface area contributed by atoms with E-state index in [4.69, 9.17) is 4.52 Å². The quantitative estimate of drug-likeness (QED) is 0.507. The van der Waals surface area contributed by atoms with Crippen molar-refractivity contribution < 1.29 is 23.3 Å². The van der Waals surface area contributed by atoms with Gasteiger partial charge in [-0.3, -0.25) is 19.3 Å². The smallest absolute Gasteiger partial charge is 0.261 e. The van der Waals surface area contributed by atoms with E-state index in [1.165, 1.54) is 17.0 Å². The number of aromatic nitrogens is 1. The molecule has 0 N–H and O–H groups in total. The van der Waals surface area contributed by atoms with Gasteiger partial charge in [0.2, 0.25) is 5.91 Å². The van der Waals surface area contributed by atoms with Gasteiger partial charge in [-0.05, 0) is 61.6 Å². The monoisotopic (exact) mass is 487 g/mol. The van der Waals surface area contributed by atoms with E-state index in [1.807, 2.05) is 4.90 Å². The summed E-state index contributed by atoms with van der Waals surface area (Å²) in [6.07, 6.45) is 4.09. The van der Waals surface area contributed by atoms with Crippen LogP contribution >= 0.6 is 0 Å². The first-order chi connectivity index (χ1) is 17.5. The highest BCUT2D eigenvalue weighted by atomic mass is 19.1. The summed E-state index contributed by atoms with van der Waals surface area (Å²) < 4.78 is 18.9. The SMILES string of the molecule is O=C(C1CCCCC1CN1C(=O)c2ccccc2C1=O)N1CCc2c(noc2-c2ccc(F)cc2)C1. The Morgan fingerprint density at radius 3 is 2.42 bits per heavy atom. The summed E-state index contributed by atoms with van der Waals surface area (Å²) in [5.74, 6) is -0.495. The summed E-state index contributed by atoms with van der Waals surface area (Å²) in [6, 6.07) is 13.0. The lowest BCUT2D eigenvalue weighted by molar-refractivity contribution is -0.139. The van der Waals surface area contributed by atoms with Crippen LogP contribution in [0.3, 0.4) is 0 Å². The molecule has 3 aromatic rings. The zero-order chi connectivity index (χ0) is 24.8. The van der Waals surface area contributed by atoms with Crippen molar-refractivity contribution in [1.82, 2.24) is 15.0 Å². The highest BCUT2D eigenvalue weighted by Gasteiger charge is 2.41. The van der Waals surface area contributed by atoms with E-state index >= 15 is 0 Å². The third-order valence-electron chi connectivity index (χ3n) is 7.78. The Morgan fingerprint density at radius 2 is 1.69 bits per heavy atom. The summed E-state index contributed by atoms with van der Waals surface area (Å²) in [7, 11) is 0. The summed E-state index contributed by atoms with van der Waals surface area (Å²) in [5, 5.41) is 4.22. The van der Waals surface area contributed by atoms with E-state index in [9.17, 15) is 18.8 Å². The first kappa shape index (κ1) is 22.6. The minimum atomic E-state index is -0.313. The lowest BCUT2D eigenvalue weighted by Gasteiger charge is -2.37. The molecule has 0 radical (unpaired) electrons. The molecule has 2 aliphatic heterocycles. The molecule has 1 fully saturated rings. The minimum absolute atomic E-state index is 0.0493. The molecular formula is C28H26FN3O4. The molecule has 2 aromatic carbocycles. The number of hydrogen-bond acceptors (Lipinski definition) is 5. The van der Waals surface area contributed by atoms with Gasteiger partial charge in [0.25, 0.3) is 11.8 Å². The molecule has 7 nitrogen and oxygen atoms in total. The van der Waals surface area contributed by atoms with Gasteiger partial charge in [0.1, 0.15) is 11.5 Å². The number of fused-ring (bicyclic) bond motifs is 2. The average Bonchev–Trinajstić information content (AvgIpc) is 3.44. The van der Waals surface area contributed by atoms with E-state index in [1.54, 1.807) is 36.4 Å². The van der Waals surface area contributed by atoms with E-state index in [0.717, 1.165) is 42.5 Å². The van der Waals surface area contributed by atoms with E-state index in [2.05, 4.69) is 5.16 Å². The number of carbonyl (C=O) groups is 3. The zero-order valence-corrected chi connectivity index (χ0v) is 19.8. The van der Waals surface area contributed by atoms with Crippen molar-refractivity contribution in [3.8, 4) is 11.3 Å². The predicted octanol–water partition coefficient (Wildman–Crippen LogP) is 4.47. The van der Waals surface area contributed by atoms with Gasteiger partial charge in [0, 0.05) is 30.1 Å². The maximum atomic E-state index is 13.7. The Hall–Kier alpha value is -3.81. The molecule has 1 aliphatic carbocycles. The van der Waals surface area contributed by atoms with Crippen LogP contribution in [-0.4, -0.2) is 45.8 Å². The van der Waals surface area contributed by atoms with E-state index < -0.39 is 0 Å². The summed E-state index contributed by atoms with van der Waals surface area (Å²) in [4.78, 5) is 42.6. The predicted molar refractivity (Wildman–Crippen MR) is 128 cm³/mol. The fourth-order valence-corrected chi connectivity index (χ4v) is 5.87. The molecule has 184 valence electrons. The van der Waals surface area contributed by atoms with Crippen LogP contribution in [0.15, 0.2) is 53.1 Å². The van der Waals surface area contributed by atoms with Crippen molar-refractivity contribution in [3.63, 3.8) is 0 Å². The van der Waals surface area contributed by atoms with Crippen LogP contribution in [0.25, 0.3) is 11.3 Å². The van der Waals surface area contributed by atoms with E-state index in [-0.39, 0.29) is 41.9 Å². The molecule has 3 aliphatic rings. The molecule has 6 rings (SSSR count).